The first-order valence-corrected chi connectivity index (χ1v) is 14.3. The molecule has 1 N–H and O–H groups in total. The highest BCUT2D eigenvalue weighted by atomic mass is 16.5. The molecule has 0 bridgehead atoms. The van der Waals surface area contributed by atoms with Crippen LogP contribution in [0.25, 0.3) is 0 Å². The molecule has 9 atom stereocenters. The Labute approximate surface area is 223 Å². The quantitative estimate of drug-likeness (QED) is 0.268. The number of ketones is 2. The number of aliphatic hydroxyl groups is 1. The molecule has 4 aliphatic carbocycles. The summed E-state index contributed by atoms with van der Waals surface area (Å²) in [7, 11) is 0. The topological polar surface area (TPSA) is 80.7 Å². The van der Waals surface area contributed by atoms with Crippen molar-refractivity contribution in [1.82, 2.24) is 0 Å². The average molecular weight is 513 g/mol. The molecule has 37 heavy (non-hydrogen) atoms. The molecule has 0 unspecified atom stereocenters. The molecule has 0 amide bonds. The number of esters is 1. The third kappa shape index (κ3) is 4.01. The number of aliphatic hydroxyl groups excluding tert-OH is 1. The maximum absolute atomic E-state index is 13.2. The summed E-state index contributed by atoms with van der Waals surface area (Å²) in [6.45, 7) is 18.3. The number of rotatable bonds is 5. The van der Waals surface area contributed by atoms with Crippen molar-refractivity contribution < 1.29 is 24.2 Å². The van der Waals surface area contributed by atoms with Crippen LogP contribution in [-0.2, 0) is 19.1 Å². The molecule has 3 saturated carbocycles. The number of ether oxygens (including phenoxy) is 1. The molecule has 0 aromatic carbocycles. The predicted octanol–water partition coefficient (Wildman–Crippen LogP) is 6.23. The first kappa shape index (κ1) is 28.3. The minimum Gasteiger partial charge on any atom is -0.454 e. The van der Waals surface area contributed by atoms with E-state index < -0.39 is 23.6 Å². The summed E-state index contributed by atoms with van der Waals surface area (Å²) >= 11 is 0. The van der Waals surface area contributed by atoms with Crippen LogP contribution in [0.3, 0.4) is 0 Å². The third-order valence-corrected chi connectivity index (χ3v) is 11.8. The van der Waals surface area contributed by atoms with Gasteiger partial charge in [-0.1, -0.05) is 58.8 Å². The number of carbonyl (C=O) groups is 3. The van der Waals surface area contributed by atoms with E-state index in [-0.39, 0.29) is 45.7 Å². The lowest BCUT2D eigenvalue weighted by atomic mass is 9.40. The number of fused-ring (bicyclic) bond motifs is 5. The zero-order valence-electron chi connectivity index (χ0n) is 24.4. The standard InChI is InChI=1S/C32H48O5/c1-18(2)16-24(34)28(37-20(4)33)19(3)21-12-15-31(8)22-10-11-25-29(5,6)26(35)13-14-30(25,7)23(22)17-27(36)32(21,31)9/h10,16,19,21,23,25,27-28,36H,11-15,17H2,1-9H3/t19-,21+,23-,25-,27-,28+,30-,31-,32-/m1/s1. The predicted molar refractivity (Wildman–Crippen MR) is 145 cm³/mol. The highest BCUT2D eigenvalue weighted by Crippen LogP contribution is 2.73. The van der Waals surface area contributed by atoms with Crippen molar-refractivity contribution in [3.63, 3.8) is 0 Å². The maximum atomic E-state index is 13.2. The lowest BCUT2D eigenvalue weighted by Gasteiger charge is -2.64. The summed E-state index contributed by atoms with van der Waals surface area (Å²) in [5.74, 6) is 0.0763. The normalized spacial score (nSPS) is 41.9. The summed E-state index contributed by atoms with van der Waals surface area (Å²) < 4.78 is 5.65. The molecule has 0 aromatic rings. The molecule has 0 heterocycles. The van der Waals surface area contributed by atoms with Gasteiger partial charge in [0.15, 0.2) is 11.9 Å². The van der Waals surface area contributed by atoms with Crippen LogP contribution in [0.2, 0.25) is 0 Å². The summed E-state index contributed by atoms with van der Waals surface area (Å²) in [5.41, 5.74) is 1.31. The van der Waals surface area contributed by atoms with Crippen LogP contribution >= 0.6 is 0 Å². The van der Waals surface area contributed by atoms with Gasteiger partial charge in [0.2, 0.25) is 0 Å². The van der Waals surface area contributed by atoms with Gasteiger partial charge in [0.25, 0.3) is 0 Å². The van der Waals surface area contributed by atoms with Crippen molar-refractivity contribution in [3.05, 3.63) is 23.3 Å². The van der Waals surface area contributed by atoms with Crippen LogP contribution in [0, 0.1) is 45.3 Å². The molecule has 0 spiro atoms. The molecule has 5 heteroatoms. The van der Waals surface area contributed by atoms with E-state index in [9.17, 15) is 19.5 Å². The molecule has 206 valence electrons. The van der Waals surface area contributed by atoms with Gasteiger partial charge in [0.1, 0.15) is 5.78 Å². The highest BCUT2D eigenvalue weighted by molar-refractivity contribution is 5.95. The van der Waals surface area contributed by atoms with Crippen molar-refractivity contribution >= 4 is 17.5 Å². The van der Waals surface area contributed by atoms with E-state index in [1.807, 2.05) is 20.8 Å². The van der Waals surface area contributed by atoms with Crippen molar-refractivity contribution in [2.75, 3.05) is 0 Å². The van der Waals surface area contributed by atoms with E-state index >= 15 is 0 Å². The summed E-state index contributed by atoms with van der Waals surface area (Å²) in [5, 5.41) is 12.0. The van der Waals surface area contributed by atoms with Gasteiger partial charge in [0.05, 0.1) is 6.10 Å². The number of hydrogen-bond acceptors (Lipinski definition) is 5. The Morgan fingerprint density at radius 2 is 1.76 bits per heavy atom. The monoisotopic (exact) mass is 512 g/mol. The second-order valence-electron chi connectivity index (χ2n) is 14.2. The summed E-state index contributed by atoms with van der Waals surface area (Å²) in [6.07, 6.45) is 7.49. The Balaban J connectivity index is 1.73. The average Bonchev–Trinajstić information content (AvgIpc) is 3.08. The van der Waals surface area contributed by atoms with Gasteiger partial charge in [-0.2, -0.15) is 0 Å². The van der Waals surface area contributed by atoms with E-state index in [0.29, 0.717) is 18.6 Å². The zero-order valence-corrected chi connectivity index (χ0v) is 24.4. The summed E-state index contributed by atoms with van der Waals surface area (Å²) in [4.78, 5) is 38.1. The van der Waals surface area contributed by atoms with E-state index in [1.54, 1.807) is 6.08 Å². The van der Waals surface area contributed by atoms with Gasteiger partial charge in [-0.25, -0.2) is 0 Å². The molecular weight excluding hydrogens is 464 g/mol. The zero-order chi connectivity index (χ0) is 27.7. The van der Waals surface area contributed by atoms with Crippen LogP contribution in [-0.4, -0.2) is 34.9 Å². The van der Waals surface area contributed by atoms with Crippen molar-refractivity contribution in [3.8, 4) is 0 Å². The van der Waals surface area contributed by atoms with E-state index in [4.69, 9.17) is 4.74 Å². The fourth-order valence-corrected chi connectivity index (χ4v) is 9.58. The number of allylic oxidation sites excluding steroid dienone is 3. The Morgan fingerprint density at radius 1 is 1.11 bits per heavy atom. The Morgan fingerprint density at radius 3 is 2.35 bits per heavy atom. The molecule has 4 aliphatic rings. The van der Waals surface area contributed by atoms with Gasteiger partial charge >= 0.3 is 5.97 Å². The van der Waals surface area contributed by atoms with Crippen LogP contribution in [0.1, 0.15) is 101 Å². The second-order valence-corrected chi connectivity index (χ2v) is 14.2. The lowest BCUT2D eigenvalue weighted by molar-refractivity contribution is -0.165. The Kier molecular flexibility index (Phi) is 7.01. The van der Waals surface area contributed by atoms with Gasteiger partial charge in [-0.15, -0.1) is 0 Å². The minimum absolute atomic E-state index is 0.0177. The number of carbonyl (C=O) groups excluding carboxylic acids is 3. The first-order chi connectivity index (χ1) is 17.0. The van der Waals surface area contributed by atoms with Gasteiger partial charge in [-0.05, 0) is 80.6 Å². The summed E-state index contributed by atoms with van der Waals surface area (Å²) in [6, 6.07) is 0. The van der Waals surface area contributed by atoms with Crippen molar-refractivity contribution in [2.45, 2.75) is 113 Å². The molecule has 4 rings (SSSR count). The largest absolute Gasteiger partial charge is 0.454 e. The molecule has 0 radical (unpaired) electrons. The van der Waals surface area contributed by atoms with E-state index in [1.165, 1.54) is 12.5 Å². The maximum Gasteiger partial charge on any atom is 0.303 e. The van der Waals surface area contributed by atoms with E-state index in [2.05, 4.69) is 40.7 Å². The van der Waals surface area contributed by atoms with Crippen LogP contribution in [0.4, 0.5) is 0 Å². The van der Waals surface area contributed by atoms with Crippen molar-refractivity contribution in [1.29, 1.82) is 0 Å². The number of hydrogen-bond donors (Lipinski definition) is 1. The van der Waals surface area contributed by atoms with E-state index in [0.717, 1.165) is 31.3 Å². The number of Topliss-reactive ketones (excluding diaryl/α,β-unsaturated/α-hetero) is 1. The molecular formula is C32H48O5. The fraction of sp³-hybridized carbons (Fsp3) is 0.781. The van der Waals surface area contributed by atoms with Gasteiger partial charge in [-0.3, -0.25) is 14.4 Å². The van der Waals surface area contributed by atoms with Gasteiger partial charge in [0, 0.05) is 30.1 Å². The minimum atomic E-state index is -0.853. The molecule has 0 aliphatic heterocycles. The molecule has 3 fully saturated rings. The molecule has 0 saturated heterocycles. The SMILES string of the molecule is CC(=O)O[C@H](C(=O)C=C(C)C)[C@H](C)[C@@H]1CC[C@]2(C)C3=CC[C@@H]4C(C)(C)C(=O)CC[C@]4(C)[C@@H]3C[C@@H](O)[C@@]12C. The lowest BCUT2D eigenvalue weighted by Crippen LogP contribution is -2.61. The van der Waals surface area contributed by atoms with Gasteiger partial charge < -0.3 is 9.84 Å². The smallest absolute Gasteiger partial charge is 0.303 e. The van der Waals surface area contributed by atoms with Crippen LogP contribution in [0.5, 0.6) is 0 Å². The molecule has 0 aromatic heterocycles. The Hall–Kier alpha value is -1.75. The first-order valence-electron chi connectivity index (χ1n) is 14.3. The van der Waals surface area contributed by atoms with Crippen molar-refractivity contribution in [2.24, 2.45) is 45.3 Å². The Bertz CT molecular complexity index is 1050. The highest BCUT2D eigenvalue weighted by Gasteiger charge is 2.68. The molecule has 5 nitrogen and oxygen atoms in total. The van der Waals surface area contributed by atoms with Crippen LogP contribution < -0.4 is 0 Å². The van der Waals surface area contributed by atoms with Crippen LogP contribution in [0.15, 0.2) is 23.3 Å². The third-order valence-electron chi connectivity index (χ3n) is 11.8. The fourth-order valence-electron chi connectivity index (χ4n) is 9.58. The second kappa shape index (κ2) is 9.17.